The number of hydrogen-bond donors (Lipinski definition) is 2. The largest absolute Gasteiger partial charge is 0.479 e. The van der Waals surface area contributed by atoms with E-state index in [4.69, 9.17) is 10.2 Å². The van der Waals surface area contributed by atoms with Gasteiger partial charge in [0.25, 0.3) is 0 Å². The molecule has 0 saturated carbocycles. The molecule has 0 aliphatic carbocycles. The van der Waals surface area contributed by atoms with Crippen molar-refractivity contribution < 1.29 is 24.5 Å². The molecule has 5 heteroatoms. The minimum Gasteiger partial charge on any atom is -0.479 e. The standard InChI is InChI=1S/C6H12O3.C5H10O2/c1-4(2)6(3,9)5(7)8;1-4(2)7-5(3)6/h4,9H,1-3H3,(H,7,8);4H,1-3H3. The molecule has 1 atom stereocenters. The lowest BCUT2D eigenvalue weighted by atomic mass is 9.93. The molecule has 16 heavy (non-hydrogen) atoms. The Morgan fingerprint density at radius 1 is 1.19 bits per heavy atom. The van der Waals surface area contributed by atoms with Crippen LogP contribution in [0.1, 0.15) is 41.5 Å². The van der Waals surface area contributed by atoms with Gasteiger partial charge in [-0.1, -0.05) is 13.8 Å². The lowest BCUT2D eigenvalue weighted by molar-refractivity contribution is -0.161. The third-order valence-electron chi connectivity index (χ3n) is 1.96. The Morgan fingerprint density at radius 2 is 1.56 bits per heavy atom. The zero-order chi connectivity index (χ0) is 13.5. The van der Waals surface area contributed by atoms with Crippen LogP contribution in [-0.4, -0.2) is 33.9 Å². The number of rotatable bonds is 3. The first-order chi connectivity index (χ1) is 7.01. The molecule has 2 N–H and O–H groups in total. The minimum absolute atomic E-state index is 0.0255. The van der Waals surface area contributed by atoms with Crippen LogP contribution in [0.2, 0.25) is 0 Å². The molecule has 0 radical (unpaired) electrons. The van der Waals surface area contributed by atoms with Crippen LogP contribution >= 0.6 is 0 Å². The van der Waals surface area contributed by atoms with Crippen LogP contribution in [0, 0.1) is 5.92 Å². The predicted molar refractivity (Wildman–Crippen MR) is 60.0 cm³/mol. The monoisotopic (exact) mass is 234 g/mol. The summed E-state index contributed by atoms with van der Waals surface area (Å²) in [6.07, 6.45) is 0.0255. The summed E-state index contributed by atoms with van der Waals surface area (Å²) in [4.78, 5) is 20.2. The van der Waals surface area contributed by atoms with E-state index in [0.29, 0.717) is 0 Å². The molecule has 0 saturated heterocycles. The SMILES string of the molecule is CC(=O)OC(C)C.CC(C)C(C)(O)C(=O)O. The van der Waals surface area contributed by atoms with Crippen molar-refractivity contribution in [2.24, 2.45) is 5.92 Å². The van der Waals surface area contributed by atoms with E-state index in [9.17, 15) is 9.59 Å². The maximum Gasteiger partial charge on any atom is 0.335 e. The summed E-state index contributed by atoms with van der Waals surface area (Å²) in [5.74, 6) is -1.64. The fourth-order valence-corrected chi connectivity index (χ4v) is 0.579. The molecule has 0 rings (SSSR count). The van der Waals surface area contributed by atoms with Gasteiger partial charge in [0.2, 0.25) is 0 Å². The topological polar surface area (TPSA) is 83.8 Å². The molecule has 1 unspecified atom stereocenters. The van der Waals surface area contributed by atoms with Gasteiger partial charge in [-0.2, -0.15) is 0 Å². The number of aliphatic carboxylic acids is 1. The van der Waals surface area contributed by atoms with Gasteiger partial charge in [-0.25, -0.2) is 4.79 Å². The number of carboxylic acids is 1. The van der Waals surface area contributed by atoms with Gasteiger partial charge < -0.3 is 14.9 Å². The fraction of sp³-hybridized carbons (Fsp3) is 0.818. The molecule has 0 aromatic heterocycles. The summed E-state index contributed by atoms with van der Waals surface area (Å²) in [5.41, 5.74) is -1.58. The van der Waals surface area contributed by atoms with E-state index in [1.807, 2.05) is 13.8 Å². The van der Waals surface area contributed by atoms with Gasteiger partial charge in [-0.05, 0) is 26.7 Å². The molecule has 0 aromatic rings. The third kappa shape index (κ3) is 8.23. The highest BCUT2D eigenvalue weighted by Gasteiger charge is 2.33. The smallest absolute Gasteiger partial charge is 0.335 e. The maximum absolute atomic E-state index is 10.2. The normalized spacial score (nSPS) is 13.8. The van der Waals surface area contributed by atoms with E-state index in [2.05, 4.69) is 4.74 Å². The van der Waals surface area contributed by atoms with Gasteiger partial charge in [0.05, 0.1) is 6.10 Å². The summed E-state index contributed by atoms with van der Waals surface area (Å²) >= 11 is 0. The van der Waals surface area contributed by atoms with E-state index in [0.717, 1.165) is 0 Å². The predicted octanol–water partition coefficient (Wildman–Crippen LogP) is 1.44. The second kappa shape index (κ2) is 7.22. The highest BCUT2D eigenvalue weighted by atomic mass is 16.5. The molecule has 0 aliphatic rings. The van der Waals surface area contributed by atoms with Gasteiger partial charge in [-0.3, -0.25) is 4.79 Å². The third-order valence-corrected chi connectivity index (χ3v) is 1.96. The van der Waals surface area contributed by atoms with Crippen molar-refractivity contribution in [2.45, 2.75) is 53.2 Å². The molecule has 0 aliphatic heterocycles. The van der Waals surface area contributed by atoms with Crippen molar-refractivity contribution in [1.29, 1.82) is 0 Å². The van der Waals surface area contributed by atoms with Crippen LogP contribution in [0.4, 0.5) is 0 Å². The lowest BCUT2D eigenvalue weighted by Gasteiger charge is -2.21. The van der Waals surface area contributed by atoms with Gasteiger partial charge in [0.1, 0.15) is 0 Å². The van der Waals surface area contributed by atoms with Gasteiger partial charge in [0, 0.05) is 6.92 Å². The molecule has 0 fully saturated rings. The first-order valence-corrected chi connectivity index (χ1v) is 5.14. The van der Waals surface area contributed by atoms with Crippen LogP contribution in [0.15, 0.2) is 0 Å². The number of carboxylic acid groups (broad SMARTS) is 1. The van der Waals surface area contributed by atoms with E-state index >= 15 is 0 Å². The Kier molecular flexibility index (Phi) is 7.81. The second-order valence-corrected chi connectivity index (χ2v) is 4.27. The van der Waals surface area contributed by atoms with Crippen molar-refractivity contribution in [3.8, 4) is 0 Å². The molecule has 0 amide bonds. The van der Waals surface area contributed by atoms with Crippen molar-refractivity contribution in [1.82, 2.24) is 0 Å². The average molecular weight is 234 g/mol. The van der Waals surface area contributed by atoms with Crippen molar-refractivity contribution in [2.75, 3.05) is 0 Å². The van der Waals surface area contributed by atoms with Gasteiger partial charge >= 0.3 is 11.9 Å². The number of esters is 1. The maximum atomic E-state index is 10.2. The zero-order valence-electron chi connectivity index (χ0n) is 10.8. The molecule has 0 aromatic carbocycles. The Balaban J connectivity index is 0. The van der Waals surface area contributed by atoms with E-state index < -0.39 is 11.6 Å². The van der Waals surface area contributed by atoms with Gasteiger partial charge in [0.15, 0.2) is 5.60 Å². The van der Waals surface area contributed by atoms with E-state index in [1.54, 1.807) is 13.8 Å². The number of hydrogen-bond acceptors (Lipinski definition) is 4. The zero-order valence-corrected chi connectivity index (χ0v) is 10.8. The number of ether oxygens (including phenoxy) is 1. The summed E-state index contributed by atoms with van der Waals surface area (Å²) in [6, 6.07) is 0. The highest BCUT2D eigenvalue weighted by Crippen LogP contribution is 2.15. The number of carbonyl (C=O) groups excluding carboxylic acids is 1. The number of carbonyl (C=O) groups is 2. The van der Waals surface area contributed by atoms with Crippen LogP contribution in [0.25, 0.3) is 0 Å². The first kappa shape index (κ1) is 17.3. The quantitative estimate of drug-likeness (QED) is 0.722. The first-order valence-electron chi connectivity index (χ1n) is 5.14. The summed E-state index contributed by atoms with van der Waals surface area (Å²) in [6.45, 7) is 9.66. The Labute approximate surface area is 96.4 Å². The van der Waals surface area contributed by atoms with Crippen molar-refractivity contribution >= 4 is 11.9 Å². The van der Waals surface area contributed by atoms with Crippen molar-refractivity contribution in [3.63, 3.8) is 0 Å². The average Bonchev–Trinajstić information content (AvgIpc) is 2.01. The van der Waals surface area contributed by atoms with Crippen molar-refractivity contribution in [3.05, 3.63) is 0 Å². The van der Waals surface area contributed by atoms with Gasteiger partial charge in [-0.15, -0.1) is 0 Å². The van der Waals surface area contributed by atoms with Crippen LogP contribution in [-0.2, 0) is 14.3 Å². The van der Waals surface area contributed by atoms with Crippen LogP contribution < -0.4 is 0 Å². The fourth-order valence-electron chi connectivity index (χ4n) is 0.579. The Bertz CT molecular complexity index is 231. The molecular weight excluding hydrogens is 212 g/mol. The molecule has 5 nitrogen and oxygen atoms in total. The Morgan fingerprint density at radius 3 is 1.56 bits per heavy atom. The molecule has 96 valence electrons. The molecule has 0 heterocycles. The summed E-state index contributed by atoms with van der Waals surface area (Å²) in [5, 5.41) is 17.4. The second-order valence-electron chi connectivity index (χ2n) is 4.27. The highest BCUT2D eigenvalue weighted by molar-refractivity contribution is 5.76. The molecule has 0 bridgehead atoms. The van der Waals surface area contributed by atoms with Crippen LogP contribution in [0.3, 0.4) is 0 Å². The summed E-state index contributed by atoms with van der Waals surface area (Å²) < 4.78 is 4.61. The summed E-state index contributed by atoms with van der Waals surface area (Å²) in [7, 11) is 0. The number of aliphatic hydroxyl groups is 1. The van der Waals surface area contributed by atoms with E-state index in [1.165, 1.54) is 13.8 Å². The minimum atomic E-state index is -1.58. The van der Waals surface area contributed by atoms with E-state index in [-0.39, 0.29) is 18.0 Å². The Hall–Kier alpha value is -1.10. The molecular formula is C11H22O5. The molecule has 0 spiro atoms. The van der Waals surface area contributed by atoms with Crippen LogP contribution in [0.5, 0.6) is 0 Å². The lowest BCUT2D eigenvalue weighted by Crippen LogP contribution is -2.40.